The van der Waals surface area contributed by atoms with Gasteiger partial charge in [-0.05, 0) is 36.1 Å². The molecule has 1 aliphatic heterocycles. The molecule has 1 aromatic heterocycles. The summed E-state index contributed by atoms with van der Waals surface area (Å²) in [4.78, 5) is 11.7. The normalized spacial score (nSPS) is 13.7. The number of ether oxygens (including phenoxy) is 1. The molecule has 0 fully saturated rings. The van der Waals surface area contributed by atoms with Crippen LogP contribution < -0.4 is 15.0 Å². The monoisotopic (exact) mass is 356 g/mol. The number of rotatable bonds is 7. The fraction of sp³-hybridized carbons (Fsp3) is 0.500. The SMILES string of the molecule is COc1ccc2c(c1)CCN(c1cc(NCCCO)nc(C(C)C)n1)C2. The lowest BCUT2D eigenvalue weighted by Crippen LogP contribution is -2.31. The molecular formula is C20H28N4O2. The van der Waals surface area contributed by atoms with Crippen LogP contribution in [0, 0.1) is 0 Å². The van der Waals surface area contributed by atoms with Crippen LogP contribution in [-0.2, 0) is 13.0 Å². The van der Waals surface area contributed by atoms with Gasteiger partial charge in [-0.2, -0.15) is 0 Å². The molecule has 2 aromatic rings. The summed E-state index contributed by atoms with van der Waals surface area (Å²) in [5.41, 5.74) is 2.66. The predicted octanol–water partition coefficient (Wildman–Crippen LogP) is 2.97. The van der Waals surface area contributed by atoms with E-state index in [1.54, 1.807) is 7.11 Å². The van der Waals surface area contributed by atoms with Gasteiger partial charge in [-0.3, -0.25) is 0 Å². The van der Waals surface area contributed by atoms with E-state index in [2.05, 4.69) is 41.2 Å². The summed E-state index contributed by atoms with van der Waals surface area (Å²) < 4.78 is 5.34. The van der Waals surface area contributed by atoms with Crippen LogP contribution in [0.25, 0.3) is 0 Å². The molecule has 1 aliphatic rings. The number of aliphatic hydroxyl groups is 1. The molecular weight excluding hydrogens is 328 g/mol. The van der Waals surface area contributed by atoms with Gasteiger partial charge in [0, 0.05) is 38.2 Å². The molecule has 6 heteroatoms. The summed E-state index contributed by atoms with van der Waals surface area (Å²) >= 11 is 0. The minimum atomic E-state index is 0.175. The Morgan fingerprint density at radius 1 is 1.23 bits per heavy atom. The average molecular weight is 356 g/mol. The van der Waals surface area contributed by atoms with Crippen molar-refractivity contribution in [1.29, 1.82) is 0 Å². The van der Waals surface area contributed by atoms with Crippen molar-refractivity contribution in [3.63, 3.8) is 0 Å². The van der Waals surface area contributed by atoms with Gasteiger partial charge in [-0.15, -0.1) is 0 Å². The zero-order valence-corrected chi connectivity index (χ0v) is 15.8. The Morgan fingerprint density at radius 2 is 2.08 bits per heavy atom. The van der Waals surface area contributed by atoms with Gasteiger partial charge < -0.3 is 20.1 Å². The van der Waals surface area contributed by atoms with Gasteiger partial charge in [0.25, 0.3) is 0 Å². The number of hydrogen-bond acceptors (Lipinski definition) is 6. The van der Waals surface area contributed by atoms with E-state index in [4.69, 9.17) is 14.8 Å². The average Bonchev–Trinajstić information content (AvgIpc) is 2.67. The number of nitrogens with one attached hydrogen (secondary N) is 1. The Balaban J connectivity index is 1.83. The van der Waals surface area contributed by atoms with Crippen LogP contribution in [0.15, 0.2) is 24.3 Å². The van der Waals surface area contributed by atoms with E-state index < -0.39 is 0 Å². The summed E-state index contributed by atoms with van der Waals surface area (Å²) in [6, 6.07) is 8.31. The van der Waals surface area contributed by atoms with Gasteiger partial charge in [0.2, 0.25) is 0 Å². The van der Waals surface area contributed by atoms with Crippen molar-refractivity contribution >= 4 is 11.6 Å². The van der Waals surface area contributed by atoms with Crippen LogP contribution in [0.2, 0.25) is 0 Å². The van der Waals surface area contributed by atoms with Gasteiger partial charge in [0.1, 0.15) is 23.2 Å². The Kier molecular flexibility index (Phi) is 5.93. The maximum atomic E-state index is 8.99. The molecule has 2 N–H and O–H groups in total. The predicted molar refractivity (Wildman–Crippen MR) is 104 cm³/mol. The minimum absolute atomic E-state index is 0.175. The van der Waals surface area contributed by atoms with Gasteiger partial charge in [-0.25, -0.2) is 9.97 Å². The first-order valence-electron chi connectivity index (χ1n) is 9.25. The van der Waals surface area contributed by atoms with Crippen LogP contribution in [0.3, 0.4) is 0 Å². The van der Waals surface area contributed by atoms with Crippen molar-refractivity contribution in [2.45, 2.75) is 39.2 Å². The first kappa shape index (κ1) is 18.5. The highest BCUT2D eigenvalue weighted by Gasteiger charge is 2.20. The topological polar surface area (TPSA) is 70.5 Å². The highest BCUT2D eigenvalue weighted by molar-refractivity contribution is 5.52. The van der Waals surface area contributed by atoms with E-state index in [1.165, 1.54) is 11.1 Å². The lowest BCUT2D eigenvalue weighted by atomic mass is 9.99. The Labute approximate surface area is 155 Å². The first-order chi connectivity index (χ1) is 12.6. The van der Waals surface area contributed by atoms with E-state index in [1.807, 2.05) is 12.1 Å². The molecule has 3 rings (SSSR count). The molecule has 0 saturated heterocycles. The number of fused-ring (bicyclic) bond motifs is 1. The molecule has 140 valence electrons. The number of methoxy groups -OCH3 is 1. The number of benzene rings is 1. The number of hydrogen-bond donors (Lipinski definition) is 2. The zero-order chi connectivity index (χ0) is 18.5. The summed E-state index contributed by atoms with van der Waals surface area (Å²) in [5.74, 6) is 3.80. The number of aromatic nitrogens is 2. The van der Waals surface area contributed by atoms with Gasteiger partial charge in [-0.1, -0.05) is 19.9 Å². The zero-order valence-electron chi connectivity index (χ0n) is 15.8. The lowest BCUT2D eigenvalue weighted by Gasteiger charge is -2.30. The molecule has 0 spiro atoms. The second-order valence-corrected chi connectivity index (χ2v) is 6.93. The second-order valence-electron chi connectivity index (χ2n) is 6.93. The van der Waals surface area contributed by atoms with Gasteiger partial charge in [0.05, 0.1) is 7.11 Å². The van der Waals surface area contributed by atoms with E-state index in [-0.39, 0.29) is 12.5 Å². The fourth-order valence-corrected chi connectivity index (χ4v) is 3.11. The summed E-state index contributed by atoms with van der Waals surface area (Å²) in [5, 5.41) is 12.3. The van der Waals surface area contributed by atoms with Crippen LogP contribution in [-0.4, -0.2) is 41.9 Å². The van der Waals surface area contributed by atoms with Crippen molar-refractivity contribution in [2.24, 2.45) is 0 Å². The lowest BCUT2D eigenvalue weighted by molar-refractivity contribution is 0.292. The van der Waals surface area contributed by atoms with Gasteiger partial charge >= 0.3 is 0 Å². The molecule has 2 heterocycles. The minimum Gasteiger partial charge on any atom is -0.497 e. The number of anilines is 2. The highest BCUT2D eigenvalue weighted by atomic mass is 16.5. The van der Waals surface area contributed by atoms with E-state index in [0.717, 1.165) is 42.7 Å². The smallest absolute Gasteiger partial charge is 0.135 e. The quantitative estimate of drug-likeness (QED) is 0.743. The molecule has 0 aliphatic carbocycles. The molecule has 0 amide bonds. The number of nitrogens with zero attached hydrogens (tertiary/aromatic N) is 3. The molecule has 0 saturated carbocycles. The molecule has 6 nitrogen and oxygen atoms in total. The maximum Gasteiger partial charge on any atom is 0.135 e. The Bertz CT molecular complexity index is 749. The molecule has 0 bridgehead atoms. The van der Waals surface area contributed by atoms with Crippen molar-refractivity contribution in [1.82, 2.24) is 9.97 Å². The van der Waals surface area contributed by atoms with Crippen LogP contribution in [0.5, 0.6) is 5.75 Å². The van der Waals surface area contributed by atoms with E-state index >= 15 is 0 Å². The first-order valence-corrected chi connectivity index (χ1v) is 9.25. The Hall–Kier alpha value is -2.34. The Morgan fingerprint density at radius 3 is 2.81 bits per heavy atom. The molecule has 1 aromatic carbocycles. The van der Waals surface area contributed by atoms with E-state index in [9.17, 15) is 0 Å². The highest BCUT2D eigenvalue weighted by Crippen LogP contribution is 2.28. The molecule has 0 atom stereocenters. The van der Waals surface area contributed by atoms with Crippen molar-refractivity contribution < 1.29 is 9.84 Å². The van der Waals surface area contributed by atoms with Crippen LogP contribution >= 0.6 is 0 Å². The maximum absolute atomic E-state index is 8.99. The second kappa shape index (κ2) is 8.36. The molecule has 26 heavy (non-hydrogen) atoms. The summed E-state index contributed by atoms with van der Waals surface area (Å²) in [7, 11) is 1.70. The summed E-state index contributed by atoms with van der Waals surface area (Å²) in [6.07, 6.45) is 1.68. The molecule has 0 radical (unpaired) electrons. The van der Waals surface area contributed by atoms with Crippen LogP contribution in [0.4, 0.5) is 11.6 Å². The fourth-order valence-electron chi connectivity index (χ4n) is 3.11. The molecule has 0 unspecified atom stereocenters. The third kappa shape index (κ3) is 4.25. The van der Waals surface area contributed by atoms with E-state index in [0.29, 0.717) is 13.0 Å². The van der Waals surface area contributed by atoms with Crippen molar-refractivity contribution in [2.75, 3.05) is 37.0 Å². The standard InChI is InChI=1S/C20H28N4O2/c1-14(2)20-22-18(21-8-4-10-25)12-19(23-20)24-9-7-15-11-17(26-3)6-5-16(15)13-24/h5-6,11-12,14,25H,4,7-10,13H2,1-3H3,(H,21,22,23). The summed E-state index contributed by atoms with van der Waals surface area (Å²) in [6.45, 7) is 6.85. The largest absolute Gasteiger partial charge is 0.497 e. The van der Waals surface area contributed by atoms with Gasteiger partial charge in [0.15, 0.2) is 0 Å². The number of aliphatic hydroxyl groups excluding tert-OH is 1. The third-order valence-corrected chi connectivity index (χ3v) is 4.64. The van der Waals surface area contributed by atoms with Crippen LogP contribution in [0.1, 0.15) is 43.1 Å². The van der Waals surface area contributed by atoms with Crippen molar-refractivity contribution in [3.05, 3.63) is 41.2 Å². The third-order valence-electron chi connectivity index (χ3n) is 4.64. The van der Waals surface area contributed by atoms with Crippen molar-refractivity contribution in [3.8, 4) is 5.75 Å².